The molecule has 0 heterocycles. The molecule has 0 bridgehead atoms. The third-order valence-corrected chi connectivity index (χ3v) is 4.92. The van der Waals surface area contributed by atoms with Crippen LogP contribution in [0.15, 0.2) is 48.5 Å². The Balaban J connectivity index is 1.87. The van der Waals surface area contributed by atoms with Crippen LogP contribution in [0.5, 0.6) is 0 Å². The summed E-state index contributed by atoms with van der Waals surface area (Å²) >= 11 is 0. The predicted molar refractivity (Wildman–Crippen MR) is 122 cm³/mol. The van der Waals surface area contributed by atoms with Gasteiger partial charge in [-0.25, -0.2) is 4.79 Å². The number of rotatable bonds is 7. The van der Waals surface area contributed by atoms with Gasteiger partial charge in [0.1, 0.15) is 6.04 Å². The molecule has 1 atom stereocenters. The van der Waals surface area contributed by atoms with Gasteiger partial charge < -0.3 is 15.4 Å². The number of hydrogen-bond donors (Lipinski definition) is 2. The first-order chi connectivity index (χ1) is 14.5. The molecule has 0 saturated heterocycles. The number of ether oxygens (including phenoxy) is 1. The Hall–Kier alpha value is -3.15. The number of hydrogen-bond acceptors (Lipinski definition) is 4. The minimum absolute atomic E-state index is 0.0115. The number of benzene rings is 2. The van der Waals surface area contributed by atoms with Gasteiger partial charge in [-0.15, -0.1) is 0 Å². The Labute approximate surface area is 184 Å². The molecular formula is C25H32N2O4. The fraction of sp³-hybridized carbons (Fsp3) is 0.400. The van der Waals surface area contributed by atoms with E-state index in [2.05, 4.69) is 31.4 Å². The minimum Gasteiger partial charge on any atom is -0.454 e. The van der Waals surface area contributed by atoms with Crippen LogP contribution in [0.25, 0.3) is 0 Å². The molecule has 0 aliphatic heterocycles. The van der Waals surface area contributed by atoms with Gasteiger partial charge in [0.05, 0.1) is 0 Å². The van der Waals surface area contributed by atoms with E-state index in [1.807, 2.05) is 50.2 Å². The van der Waals surface area contributed by atoms with E-state index in [0.29, 0.717) is 11.3 Å². The van der Waals surface area contributed by atoms with Crippen LogP contribution in [0.1, 0.15) is 68.9 Å². The normalized spacial score (nSPS) is 12.2. The fourth-order valence-electron chi connectivity index (χ4n) is 3.02. The van der Waals surface area contributed by atoms with Gasteiger partial charge in [-0.3, -0.25) is 9.59 Å². The highest BCUT2D eigenvalue weighted by Crippen LogP contribution is 2.24. The van der Waals surface area contributed by atoms with E-state index in [9.17, 15) is 14.4 Å². The topological polar surface area (TPSA) is 84.5 Å². The number of anilines is 1. The summed E-state index contributed by atoms with van der Waals surface area (Å²) in [6.45, 7) is 11.5. The van der Waals surface area contributed by atoms with E-state index in [-0.39, 0.29) is 17.2 Å². The molecule has 0 unspecified atom stereocenters. The van der Waals surface area contributed by atoms with E-state index in [1.54, 1.807) is 12.1 Å². The van der Waals surface area contributed by atoms with Crippen molar-refractivity contribution in [1.29, 1.82) is 0 Å². The molecule has 166 valence electrons. The van der Waals surface area contributed by atoms with Crippen molar-refractivity contribution in [2.24, 2.45) is 0 Å². The van der Waals surface area contributed by atoms with Crippen molar-refractivity contribution in [2.75, 3.05) is 11.9 Å². The van der Waals surface area contributed by atoms with Gasteiger partial charge in [-0.1, -0.05) is 65.0 Å². The molecule has 0 aliphatic carbocycles. The quantitative estimate of drug-likeness (QED) is 0.645. The van der Waals surface area contributed by atoms with Crippen LogP contribution in [0, 0.1) is 0 Å². The summed E-state index contributed by atoms with van der Waals surface area (Å²) in [5.74, 6) is -1.24. The number of carbonyl (C=O) groups excluding carboxylic acids is 3. The molecule has 31 heavy (non-hydrogen) atoms. The standard InChI is InChI=1S/C25H32N2O4/c1-16(2)20-9-7-8-10-21(20)27-22(28)15-31-24(30)17(3)26-23(29)18-11-13-19(14-12-18)25(4,5)6/h7-14,16-17H,15H2,1-6H3,(H,26,29)(H,27,28)/t17-/m0/s1. The zero-order valence-corrected chi connectivity index (χ0v) is 19.1. The Morgan fingerprint density at radius 2 is 1.55 bits per heavy atom. The highest BCUT2D eigenvalue weighted by molar-refractivity contribution is 5.97. The Morgan fingerprint density at radius 3 is 2.13 bits per heavy atom. The molecule has 6 nitrogen and oxygen atoms in total. The molecule has 2 aromatic rings. The summed E-state index contributed by atoms with van der Waals surface area (Å²) in [6, 6.07) is 13.9. The van der Waals surface area contributed by atoms with Gasteiger partial charge in [-0.05, 0) is 47.6 Å². The molecule has 0 aliphatic rings. The van der Waals surface area contributed by atoms with Gasteiger partial charge in [-0.2, -0.15) is 0 Å². The van der Waals surface area contributed by atoms with Crippen LogP contribution in [0.2, 0.25) is 0 Å². The van der Waals surface area contributed by atoms with Gasteiger partial charge in [0.15, 0.2) is 6.61 Å². The lowest BCUT2D eigenvalue weighted by Gasteiger charge is -2.19. The molecule has 0 fully saturated rings. The maximum Gasteiger partial charge on any atom is 0.328 e. The van der Waals surface area contributed by atoms with Crippen LogP contribution in [-0.4, -0.2) is 30.4 Å². The van der Waals surface area contributed by atoms with Gasteiger partial charge >= 0.3 is 5.97 Å². The zero-order valence-electron chi connectivity index (χ0n) is 19.1. The molecule has 0 radical (unpaired) electrons. The third-order valence-electron chi connectivity index (χ3n) is 4.92. The number of carbonyl (C=O) groups is 3. The summed E-state index contributed by atoms with van der Waals surface area (Å²) in [6.07, 6.45) is 0. The lowest BCUT2D eigenvalue weighted by molar-refractivity contribution is -0.148. The largest absolute Gasteiger partial charge is 0.454 e. The first kappa shape index (κ1) is 24.1. The van der Waals surface area contributed by atoms with E-state index < -0.39 is 24.5 Å². The van der Waals surface area contributed by atoms with Crippen molar-refractivity contribution in [3.8, 4) is 0 Å². The monoisotopic (exact) mass is 424 g/mol. The Morgan fingerprint density at radius 1 is 0.935 bits per heavy atom. The fourth-order valence-corrected chi connectivity index (χ4v) is 3.02. The van der Waals surface area contributed by atoms with Crippen molar-refractivity contribution < 1.29 is 19.1 Å². The van der Waals surface area contributed by atoms with Gasteiger partial charge in [0.2, 0.25) is 0 Å². The van der Waals surface area contributed by atoms with Crippen LogP contribution in [-0.2, 0) is 19.7 Å². The van der Waals surface area contributed by atoms with Crippen molar-refractivity contribution in [3.63, 3.8) is 0 Å². The second-order valence-corrected chi connectivity index (χ2v) is 8.92. The first-order valence-electron chi connectivity index (χ1n) is 10.5. The zero-order chi connectivity index (χ0) is 23.2. The van der Waals surface area contributed by atoms with Crippen molar-refractivity contribution in [1.82, 2.24) is 5.32 Å². The molecule has 6 heteroatoms. The number of para-hydroxylation sites is 1. The summed E-state index contributed by atoms with van der Waals surface area (Å²) in [5, 5.41) is 5.37. The van der Waals surface area contributed by atoms with E-state index in [1.165, 1.54) is 6.92 Å². The van der Waals surface area contributed by atoms with Gasteiger partial charge in [0.25, 0.3) is 11.8 Å². The van der Waals surface area contributed by atoms with E-state index >= 15 is 0 Å². The van der Waals surface area contributed by atoms with E-state index in [0.717, 1.165) is 11.1 Å². The van der Waals surface area contributed by atoms with Crippen molar-refractivity contribution >= 4 is 23.5 Å². The number of nitrogens with one attached hydrogen (secondary N) is 2. The average molecular weight is 425 g/mol. The molecule has 2 aromatic carbocycles. The highest BCUT2D eigenvalue weighted by atomic mass is 16.5. The average Bonchev–Trinajstić information content (AvgIpc) is 2.71. The van der Waals surface area contributed by atoms with Crippen molar-refractivity contribution in [3.05, 3.63) is 65.2 Å². The maximum absolute atomic E-state index is 12.4. The Kier molecular flexibility index (Phi) is 7.97. The molecule has 2 amide bonds. The smallest absolute Gasteiger partial charge is 0.328 e. The second kappa shape index (κ2) is 10.2. The number of esters is 1. The van der Waals surface area contributed by atoms with Gasteiger partial charge in [0, 0.05) is 11.3 Å². The molecule has 0 aromatic heterocycles. The summed E-state index contributed by atoms with van der Waals surface area (Å²) < 4.78 is 5.07. The minimum atomic E-state index is -0.884. The predicted octanol–water partition coefficient (Wildman–Crippen LogP) is 4.41. The lowest BCUT2D eigenvalue weighted by atomic mass is 9.86. The molecule has 2 N–H and O–H groups in total. The van der Waals surface area contributed by atoms with Crippen LogP contribution in [0.3, 0.4) is 0 Å². The van der Waals surface area contributed by atoms with Crippen LogP contribution >= 0.6 is 0 Å². The molecule has 0 saturated carbocycles. The highest BCUT2D eigenvalue weighted by Gasteiger charge is 2.20. The van der Waals surface area contributed by atoms with Crippen LogP contribution < -0.4 is 10.6 Å². The third kappa shape index (κ3) is 6.95. The summed E-state index contributed by atoms with van der Waals surface area (Å²) in [7, 11) is 0. The second-order valence-electron chi connectivity index (χ2n) is 8.92. The summed E-state index contributed by atoms with van der Waals surface area (Å²) in [5.41, 5.74) is 3.25. The molecule has 2 rings (SSSR count). The lowest BCUT2D eigenvalue weighted by Crippen LogP contribution is -2.40. The SMILES string of the molecule is CC(C)c1ccccc1NC(=O)COC(=O)[C@H](C)NC(=O)c1ccc(C(C)(C)C)cc1. The first-order valence-corrected chi connectivity index (χ1v) is 10.5. The van der Waals surface area contributed by atoms with E-state index in [4.69, 9.17) is 4.74 Å². The molecular weight excluding hydrogens is 392 g/mol. The summed E-state index contributed by atoms with van der Waals surface area (Å²) in [4.78, 5) is 36.8. The number of amides is 2. The van der Waals surface area contributed by atoms with Crippen molar-refractivity contribution in [2.45, 2.75) is 58.9 Å². The molecule has 0 spiro atoms. The maximum atomic E-state index is 12.4. The van der Waals surface area contributed by atoms with Crippen LogP contribution in [0.4, 0.5) is 5.69 Å². The Bertz CT molecular complexity index is 927.